The Labute approximate surface area is 254 Å². The molecule has 0 saturated carbocycles. The molecule has 0 saturated heterocycles. The van der Waals surface area contributed by atoms with Gasteiger partial charge in [0.2, 0.25) is 0 Å². The Bertz CT molecular complexity index is 2200. The van der Waals surface area contributed by atoms with E-state index in [1.807, 2.05) is 97.1 Å². The van der Waals surface area contributed by atoms with Crippen LogP contribution in [0.4, 0.5) is 0 Å². The van der Waals surface area contributed by atoms with Gasteiger partial charge in [-0.15, -0.1) is 0 Å². The van der Waals surface area contributed by atoms with Crippen LogP contribution < -0.4 is 0 Å². The maximum absolute atomic E-state index is 5.22. The second-order valence-corrected chi connectivity index (χ2v) is 10.6. The van der Waals surface area contributed by atoms with Gasteiger partial charge in [-0.2, -0.15) is 0 Å². The second kappa shape index (κ2) is 11.0. The van der Waals surface area contributed by atoms with E-state index < -0.39 is 0 Å². The molecule has 0 fully saturated rings. The molecule has 0 aliphatic carbocycles. The van der Waals surface area contributed by atoms with E-state index in [1.165, 1.54) is 0 Å². The lowest BCUT2D eigenvalue weighted by atomic mass is 10.0. The maximum atomic E-state index is 5.22. The third-order valence-electron chi connectivity index (χ3n) is 7.72. The van der Waals surface area contributed by atoms with E-state index in [2.05, 4.69) is 54.6 Å². The molecule has 0 aliphatic rings. The fraction of sp³-hybridized carbons (Fsp3) is 0. The number of rotatable bonds is 5. The number of pyridine rings is 2. The standard InChI is InChI=1S/C39H25N5/c1-5-13-26(14-6-1)33-24-22-28-21-23-31-32(25-34(27-15-7-2-8-16-27)41-36(31)35(28)40-33)39-43-37(29-17-9-3-10-18-29)42-38(44-39)30-19-11-4-12-20-30/h1-25H. The average molecular weight is 564 g/mol. The van der Waals surface area contributed by atoms with E-state index in [4.69, 9.17) is 24.9 Å². The van der Waals surface area contributed by atoms with Gasteiger partial charge < -0.3 is 0 Å². The summed E-state index contributed by atoms with van der Waals surface area (Å²) in [6, 6.07) is 51.0. The first-order valence-electron chi connectivity index (χ1n) is 14.5. The topological polar surface area (TPSA) is 64.5 Å². The minimum Gasteiger partial charge on any atom is -0.245 e. The molecule has 206 valence electrons. The fourth-order valence-corrected chi connectivity index (χ4v) is 5.51. The van der Waals surface area contributed by atoms with Crippen molar-refractivity contribution in [2.24, 2.45) is 0 Å². The van der Waals surface area contributed by atoms with E-state index in [-0.39, 0.29) is 0 Å². The molecule has 0 spiro atoms. The van der Waals surface area contributed by atoms with E-state index in [1.54, 1.807) is 0 Å². The molecule has 44 heavy (non-hydrogen) atoms. The Balaban J connectivity index is 1.44. The summed E-state index contributed by atoms with van der Waals surface area (Å²) in [5.74, 6) is 1.82. The summed E-state index contributed by atoms with van der Waals surface area (Å²) in [7, 11) is 0. The Kier molecular flexibility index (Phi) is 6.39. The molecule has 8 aromatic rings. The zero-order chi connectivity index (χ0) is 29.3. The Hall–Kier alpha value is -6.07. The molecular formula is C39H25N5. The minimum atomic E-state index is 0.584. The summed E-state index contributed by atoms with van der Waals surface area (Å²) in [6.45, 7) is 0. The SMILES string of the molecule is c1ccc(-c2ccc3ccc4c(-c5nc(-c6ccccc6)nc(-c6ccccc6)n5)cc(-c5ccccc5)nc4c3n2)cc1. The molecule has 0 amide bonds. The van der Waals surface area contributed by atoms with Crippen molar-refractivity contribution in [2.75, 3.05) is 0 Å². The third kappa shape index (κ3) is 4.76. The molecule has 0 unspecified atom stereocenters. The summed E-state index contributed by atoms with van der Waals surface area (Å²) >= 11 is 0. The molecule has 3 aromatic heterocycles. The molecule has 5 heteroatoms. The first-order valence-corrected chi connectivity index (χ1v) is 14.5. The van der Waals surface area contributed by atoms with Gasteiger partial charge in [-0.25, -0.2) is 24.9 Å². The van der Waals surface area contributed by atoms with Gasteiger partial charge >= 0.3 is 0 Å². The number of hydrogen-bond acceptors (Lipinski definition) is 5. The molecule has 3 heterocycles. The highest BCUT2D eigenvalue weighted by molar-refractivity contribution is 6.09. The number of fused-ring (bicyclic) bond motifs is 3. The van der Waals surface area contributed by atoms with Gasteiger partial charge in [0, 0.05) is 38.6 Å². The van der Waals surface area contributed by atoms with Gasteiger partial charge in [-0.1, -0.05) is 140 Å². The van der Waals surface area contributed by atoms with Crippen LogP contribution in [0.2, 0.25) is 0 Å². The molecule has 0 aliphatic heterocycles. The largest absolute Gasteiger partial charge is 0.245 e. The molecular weight excluding hydrogens is 538 g/mol. The monoisotopic (exact) mass is 563 g/mol. The minimum absolute atomic E-state index is 0.584. The average Bonchev–Trinajstić information content (AvgIpc) is 3.12. The second-order valence-electron chi connectivity index (χ2n) is 10.6. The highest BCUT2D eigenvalue weighted by Gasteiger charge is 2.18. The number of benzene rings is 5. The molecule has 5 nitrogen and oxygen atoms in total. The fourth-order valence-electron chi connectivity index (χ4n) is 5.51. The summed E-state index contributed by atoms with van der Waals surface area (Å²) < 4.78 is 0. The number of hydrogen-bond donors (Lipinski definition) is 0. The van der Waals surface area contributed by atoms with Crippen LogP contribution >= 0.6 is 0 Å². The summed E-state index contributed by atoms with van der Waals surface area (Å²) in [4.78, 5) is 25.4. The van der Waals surface area contributed by atoms with Gasteiger partial charge in [0.1, 0.15) is 0 Å². The first-order chi connectivity index (χ1) is 21.8. The van der Waals surface area contributed by atoms with Crippen molar-refractivity contribution in [1.29, 1.82) is 0 Å². The van der Waals surface area contributed by atoms with Crippen molar-refractivity contribution in [3.05, 3.63) is 152 Å². The predicted molar refractivity (Wildman–Crippen MR) is 178 cm³/mol. The van der Waals surface area contributed by atoms with E-state index in [0.717, 1.165) is 61.0 Å². The number of nitrogens with zero attached hydrogens (tertiary/aromatic N) is 5. The summed E-state index contributed by atoms with van der Waals surface area (Å²) in [6.07, 6.45) is 0. The third-order valence-corrected chi connectivity index (χ3v) is 7.72. The highest BCUT2D eigenvalue weighted by atomic mass is 15.0. The van der Waals surface area contributed by atoms with Crippen LogP contribution in [0.25, 0.3) is 78.5 Å². The van der Waals surface area contributed by atoms with Gasteiger partial charge in [-0.05, 0) is 12.1 Å². The van der Waals surface area contributed by atoms with Crippen molar-refractivity contribution >= 4 is 21.8 Å². The van der Waals surface area contributed by atoms with Crippen LogP contribution in [0.1, 0.15) is 0 Å². The normalized spacial score (nSPS) is 11.2. The first kappa shape index (κ1) is 25.6. The van der Waals surface area contributed by atoms with Gasteiger partial charge in [0.25, 0.3) is 0 Å². The van der Waals surface area contributed by atoms with Crippen molar-refractivity contribution < 1.29 is 0 Å². The molecule has 0 bridgehead atoms. The lowest BCUT2D eigenvalue weighted by molar-refractivity contribution is 1.08. The van der Waals surface area contributed by atoms with Crippen molar-refractivity contribution in [2.45, 2.75) is 0 Å². The highest BCUT2D eigenvalue weighted by Crippen LogP contribution is 2.36. The van der Waals surface area contributed by atoms with Gasteiger partial charge in [-0.3, -0.25) is 0 Å². The van der Waals surface area contributed by atoms with Crippen LogP contribution in [0, 0.1) is 0 Å². The van der Waals surface area contributed by atoms with Gasteiger partial charge in [0.15, 0.2) is 17.5 Å². The zero-order valence-corrected chi connectivity index (χ0v) is 23.7. The molecule has 0 radical (unpaired) electrons. The van der Waals surface area contributed by atoms with Crippen LogP contribution in [0.5, 0.6) is 0 Å². The van der Waals surface area contributed by atoms with Crippen molar-refractivity contribution in [3.8, 4) is 56.7 Å². The predicted octanol–water partition coefficient (Wildman–Crippen LogP) is 9.30. The van der Waals surface area contributed by atoms with Gasteiger partial charge in [0.05, 0.1) is 22.4 Å². The molecule has 0 atom stereocenters. The quantitative estimate of drug-likeness (QED) is 0.195. The Morgan fingerprint density at radius 2 is 0.773 bits per heavy atom. The van der Waals surface area contributed by atoms with Crippen LogP contribution in [0.15, 0.2) is 152 Å². The van der Waals surface area contributed by atoms with E-state index >= 15 is 0 Å². The number of aromatic nitrogens is 5. The Morgan fingerprint density at radius 1 is 0.318 bits per heavy atom. The lowest BCUT2D eigenvalue weighted by Gasteiger charge is -2.13. The molecule has 0 N–H and O–H groups in total. The molecule has 5 aromatic carbocycles. The zero-order valence-electron chi connectivity index (χ0n) is 23.7. The van der Waals surface area contributed by atoms with Crippen LogP contribution in [-0.2, 0) is 0 Å². The molecule has 8 rings (SSSR count). The van der Waals surface area contributed by atoms with Crippen molar-refractivity contribution in [1.82, 2.24) is 24.9 Å². The van der Waals surface area contributed by atoms with E-state index in [9.17, 15) is 0 Å². The van der Waals surface area contributed by atoms with Crippen LogP contribution in [0.3, 0.4) is 0 Å². The summed E-state index contributed by atoms with van der Waals surface area (Å²) in [5, 5.41) is 1.95. The lowest BCUT2D eigenvalue weighted by Crippen LogP contribution is -2.01. The van der Waals surface area contributed by atoms with Crippen molar-refractivity contribution in [3.63, 3.8) is 0 Å². The van der Waals surface area contributed by atoms with E-state index in [0.29, 0.717) is 17.5 Å². The Morgan fingerprint density at radius 3 is 1.34 bits per heavy atom. The smallest absolute Gasteiger partial charge is 0.164 e. The summed E-state index contributed by atoms with van der Waals surface area (Å²) in [5.41, 5.74) is 8.16. The van der Waals surface area contributed by atoms with Crippen LogP contribution in [-0.4, -0.2) is 24.9 Å². The maximum Gasteiger partial charge on any atom is 0.164 e.